The van der Waals surface area contributed by atoms with Crippen LogP contribution in [0.25, 0.3) is 0 Å². The Bertz CT molecular complexity index is 308. The zero-order chi connectivity index (χ0) is 14.0. The van der Waals surface area contributed by atoms with Gasteiger partial charge in [-0.2, -0.15) is 0 Å². The molecule has 0 amide bonds. The lowest BCUT2D eigenvalue weighted by Gasteiger charge is -2.15. The van der Waals surface area contributed by atoms with Crippen LogP contribution in [0.2, 0.25) is 0 Å². The van der Waals surface area contributed by atoms with Gasteiger partial charge in [0.1, 0.15) is 0 Å². The van der Waals surface area contributed by atoms with Crippen LogP contribution in [-0.2, 0) is 4.79 Å². The van der Waals surface area contributed by atoms with E-state index in [4.69, 9.17) is 5.11 Å². The summed E-state index contributed by atoms with van der Waals surface area (Å²) in [5.74, 6) is 0.111. The van der Waals surface area contributed by atoms with Gasteiger partial charge in [-0.15, -0.1) is 0 Å². The zero-order valence-corrected chi connectivity index (χ0v) is 11.6. The van der Waals surface area contributed by atoms with Gasteiger partial charge in [0.25, 0.3) is 0 Å². The molecule has 102 valence electrons. The second-order valence-corrected chi connectivity index (χ2v) is 4.56. The van der Waals surface area contributed by atoms with E-state index in [0.29, 0.717) is 0 Å². The highest BCUT2D eigenvalue weighted by molar-refractivity contribution is 5.66. The maximum absolute atomic E-state index is 9.37. The van der Waals surface area contributed by atoms with Crippen LogP contribution in [0, 0.1) is 5.92 Å². The lowest BCUT2D eigenvalue weighted by molar-refractivity contribution is -0.136. The van der Waals surface area contributed by atoms with Gasteiger partial charge >= 0.3 is 5.97 Å². The van der Waals surface area contributed by atoms with Gasteiger partial charge in [-0.05, 0) is 24.5 Å². The summed E-state index contributed by atoms with van der Waals surface area (Å²) >= 11 is 0. The fourth-order valence-corrected chi connectivity index (χ4v) is 1.76. The van der Waals surface area contributed by atoms with E-state index in [1.54, 1.807) is 6.92 Å². The molecule has 1 atom stereocenters. The Morgan fingerprint density at radius 1 is 1.50 bits per heavy atom. The molecule has 0 unspecified atom stereocenters. The largest absolute Gasteiger partial charge is 0.481 e. The molecule has 0 spiro atoms. The summed E-state index contributed by atoms with van der Waals surface area (Å²) in [6.07, 6.45) is 7.34. The standard InChI is InChI=1S/C12H19N.C3H6O2/c1-4-6-12(5-2)10-13-8-7-11(3)9-13;1-2-3(4)5/h4-6,11H,1-2,7-10H2,3H3;2H2,1H3,(H,4,5)/b12-6+;/t11-;/m0./s1. The molecule has 3 nitrogen and oxygen atoms in total. The van der Waals surface area contributed by atoms with Crippen LogP contribution < -0.4 is 0 Å². The molecule has 0 bridgehead atoms. The van der Waals surface area contributed by atoms with Crippen LogP contribution in [0.1, 0.15) is 26.7 Å². The topological polar surface area (TPSA) is 40.5 Å². The third-order valence-corrected chi connectivity index (χ3v) is 2.81. The summed E-state index contributed by atoms with van der Waals surface area (Å²) in [5, 5.41) is 7.72. The van der Waals surface area contributed by atoms with E-state index in [2.05, 4.69) is 25.0 Å². The second kappa shape index (κ2) is 9.66. The molecule has 0 aliphatic carbocycles. The number of nitrogens with zero attached hydrogens (tertiary/aromatic N) is 1. The Labute approximate surface area is 110 Å². The summed E-state index contributed by atoms with van der Waals surface area (Å²) in [6.45, 7) is 14.9. The van der Waals surface area contributed by atoms with Crippen molar-refractivity contribution in [3.8, 4) is 0 Å². The monoisotopic (exact) mass is 251 g/mol. The minimum atomic E-state index is -0.745. The van der Waals surface area contributed by atoms with E-state index in [1.807, 2.05) is 18.2 Å². The normalized spacial score (nSPS) is 19.9. The number of rotatable bonds is 5. The molecular formula is C15H25NO2. The number of allylic oxidation sites excluding steroid dienone is 2. The quantitative estimate of drug-likeness (QED) is 0.763. The number of carbonyl (C=O) groups is 1. The van der Waals surface area contributed by atoms with Gasteiger partial charge in [0.2, 0.25) is 0 Å². The molecule has 0 aromatic rings. The minimum absolute atomic E-state index is 0.222. The van der Waals surface area contributed by atoms with E-state index in [1.165, 1.54) is 25.1 Å². The number of carboxylic acids is 1. The average Bonchev–Trinajstić information content (AvgIpc) is 2.75. The van der Waals surface area contributed by atoms with Crippen molar-refractivity contribution in [3.05, 3.63) is 37.0 Å². The van der Waals surface area contributed by atoms with E-state index >= 15 is 0 Å². The number of aliphatic carboxylic acids is 1. The molecule has 3 heteroatoms. The van der Waals surface area contributed by atoms with Gasteiger partial charge in [0.05, 0.1) is 0 Å². The van der Waals surface area contributed by atoms with Crippen LogP contribution in [0.5, 0.6) is 0 Å². The minimum Gasteiger partial charge on any atom is -0.481 e. The molecule has 1 N–H and O–H groups in total. The van der Waals surface area contributed by atoms with Crippen molar-refractivity contribution < 1.29 is 9.90 Å². The zero-order valence-electron chi connectivity index (χ0n) is 11.6. The predicted molar refractivity (Wildman–Crippen MR) is 76.6 cm³/mol. The highest BCUT2D eigenvalue weighted by Crippen LogP contribution is 2.16. The Balaban J connectivity index is 0.000000494. The van der Waals surface area contributed by atoms with Gasteiger partial charge in [-0.25, -0.2) is 0 Å². The van der Waals surface area contributed by atoms with Crippen LogP contribution in [-0.4, -0.2) is 35.6 Å². The number of hydrogen-bond donors (Lipinski definition) is 1. The first-order chi connectivity index (χ1) is 8.53. The molecule has 1 saturated heterocycles. The Morgan fingerprint density at radius 3 is 2.44 bits per heavy atom. The molecule has 1 heterocycles. The number of likely N-dealkylation sites (tertiary alicyclic amines) is 1. The van der Waals surface area contributed by atoms with Crippen molar-refractivity contribution in [2.45, 2.75) is 26.7 Å². The maximum atomic E-state index is 9.37. The van der Waals surface area contributed by atoms with Gasteiger partial charge in [-0.1, -0.05) is 45.2 Å². The molecular weight excluding hydrogens is 226 g/mol. The second-order valence-electron chi connectivity index (χ2n) is 4.56. The Morgan fingerprint density at radius 2 is 2.11 bits per heavy atom. The molecule has 0 aromatic heterocycles. The molecule has 18 heavy (non-hydrogen) atoms. The lowest BCUT2D eigenvalue weighted by Crippen LogP contribution is -2.22. The lowest BCUT2D eigenvalue weighted by atomic mass is 10.2. The third-order valence-electron chi connectivity index (χ3n) is 2.81. The molecule has 0 saturated carbocycles. The summed E-state index contributed by atoms with van der Waals surface area (Å²) in [5.41, 5.74) is 1.27. The molecule has 1 rings (SSSR count). The number of carboxylic acid groups (broad SMARTS) is 1. The van der Waals surface area contributed by atoms with Crippen LogP contribution >= 0.6 is 0 Å². The van der Waals surface area contributed by atoms with Crippen molar-refractivity contribution in [2.24, 2.45) is 5.92 Å². The fraction of sp³-hybridized carbons (Fsp3) is 0.533. The highest BCUT2D eigenvalue weighted by Gasteiger charge is 2.18. The summed E-state index contributed by atoms with van der Waals surface area (Å²) in [6, 6.07) is 0. The van der Waals surface area contributed by atoms with Crippen molar-refractivity contribution in [1.29, 1.82) is 0 Å². The predicted octanol–water partition coefficient (Wildman–Crippen LogP) is 3.11. The van der Waals surface area contributed by atoms with E-state index < -0.39 is 5.97 Å². The van der Waals surface area contributed by atoms with E-state index in [0.717, 1.165) is 12.5 Å². The number of hydrogen-bond acceptors (Lipinski definition) is 2. The van der Waals surface area contributed by atoms with Gasteiger partial charge in [-0.3, -0.25) is 9.69 Å². The van der Waals surface area contributed by atoms with Crippen molar-refractivity contribution in [3.63, 3.8) is 0 Å². The first-order valence-corrected chi connectivity index (χ1v) is 6.41. The van der Waals surface area contributed by atoms with Crippen molar-refractivity contribution in [2.75, 3.05) is 19.6 Å². The molecule has 1 fully saturated rings. The summed E-state index contributed by atoms with van der Waals surface area (Å²) < 4.78 is 0. The Hall–Kier alpha value is -1.35. The van der Waals surface area contributed by atoms with Crippen molar-refractivity contribution in [1.82, 2.24) is 4.90 Å². The smallest absolute Gasteiger partial charge is 0.303 e. The first-order valence-electron chi connectivity index (χ1n) is 6.41. The van der Waals surface area contributed by atoms with Gasteiger partial charge in [0, 0.05) is 19.5 Å². The summed E-state index contributed by atoms with van der Waals surface area (Å²) in [4.78, 5) is 11.8. The van der Waals surface area contributed by atoms with Gasteiger partial charge in [0.15, 0.2) is 0 Å². The first kappa shape index (κ1) is 16.6. The van der Waals surface area contributed by atoms with Crippen LogP contribution in [0.15, 0.2) is 37.0 Å². The third kappa shape index (κ3) is 7.85. The molecule has 0 radical (unpaired) electrons. The molecule has 1 aliphatic heterocycles. The van der Waals surface area contributed by atoms with E-state index in [9.17, 15) is 4.79 Å². The maximum Gasteiger partial charge on any atom is 0.303 e. The SMILES string of the molecule is C=C/C=C(\C=C)CN1CC[C@H](C)C1.CCC(=O)O. The highest BCUT2D eigenvalue weighted by atomic mass is 16.4. The Kier molecular flexibility index (Phi) is 8.93. The van der Waals surface area contributed by atoms with Crippen LogP contribution in [0.3, 0.4) is 0 Å². The van der Waals surface area contributed by atoms with Gasteiger partial charge < -0.3 is 5.11 Å². The average molecular weight is 251 g/mol. The summed E-state index contributed by atoms with van der Waals surface area (Å²) in [7, 11) is 0. The van der Waals surface area contributed by atoms with Crippen LogP contribution in [0.4, 0.5) is 0 Å². The fourth-order valence-electron chi connectivity index (χ4n) is 1.76. The van der Waals surface area contributed by atoms with E-state index in [-0.39, 0.29) is 6.42 Å². The molecule has 1 aliphatic rings. The van der Waals surface area contributed by atoms with Crippen molar-refractivity contribution >= 4 is 5.97 Å². The molecule has 0 aromatic carbocycles.